The number of pyridine rings is 2. The van der Waals surface area contributed by atoms with Gasteiger partial charge in [0.2, 0.25) is 11.2 Å². The minimum atomic E-state index is 0.269. The highest BCUT2D eigenvalue weighted by molar-refractivity contribution is 6.33. The minimum Gasteiger partial charge on any atom is -0.396 e. The summed E-state index contributed by atoms with van der Waals surface area (Å²) >= 11 is 17.9. The SMILES string of the molecule is Cc1nn(C2CCOCC2)c2nc(Cl)ncc12.Cc1nn(C2CCOCC2)c2nc(Nc3cn4ncnc4cc3Cl)ncc12.Nc1cn2ncnc2cc1Cl. The Balaban J connectivity index is 0.000000130. The molecule has 21 heteroatoms. The van der Waals surface area contributed by atoms with Crippen LogP contribution in [0.15, 0.2) is 49.6 Å². The van der Waals surface area contributed by atoms with E-state index in [0.29, 0.717) is 44.7 Å². The molecular formula is C34H35Cl3N16O2. The lowest BCUT2D eigenvalue weighted by Crippen LogP contribution is -2.20. The Bertz CT molecular complexity index is 2570. The van der Waals surface area contributed by atoms with Crippen molar-refractivity contribution in [2.75, 3.05) is 37.5 Å². The largest absolute Gasteiger partial charge is 0.396 e. The Morgan fingerprint density at radius 3 is 1.82 bits per heavy atom. The number of aryl methyl sites for hydroxylation is 2. The first kappa shape index (κ1) is 36.7. The minimum absolute atomic E-state index is 0.269. The van der Waals surface area contributed by atoms with Crippen LogP contribution in [0.5, 0.6) is 0 Å². The summed E-state index contributed by atoms with van der Waals surface area (Å²) in [5, 5.41) is 23.7. The Labute approximate surface area is 328 Å². The van der Waals surface area contributed by atoms with Gasteiger partial charge < -0.3 is 20.5 Å². The summed E-state index contributed by atoms with van der Waals surface area (Å²) in [6.07, 6.45) is 13.7. The predicted octanol–water partition coefficient (Wildman–Crippen LogP) is 6.03. The molecule has 8 aromatic heterocycles. The standard InChI is InChI=1S/C17H17ClN8O.C11H13ClN4O.C6H5ClN4/c1-10-12-7-19-17(22-14-8-25-15(6-13(14)18)20-9-21-25)23-16(12)26(24-10)11-2-4-27-5-3-11;1-7-9-6-13-11(12)14-10(9)16(15-7)8-2-4-17-5-3-8;7-4-1-6-9-3-10-11(6)2-5(4)8/h6-9,11H,2-5H2,1H3,(H,19,22,23);6,8H,2-5H2,1H3;1-3H,8H2. The van der Waals surface area contributed by atoms with Crippen molar-refractivity contribution in [1.82, 2.24) is 68.7 Å². The van der Waals surface area contributed by atoms with E-state index in [-0.39, 0.29) is 11.3 Å². The molecule has 2 aliphatic rings. The Hall–Kier alpha value is -5.27. The van der Waals surface area contributed by atoms with E-state index in [4.69, 9.17) is 60.1 Å². The molecule has 0 spiro atoms. The van der Waals surface area contributed by atoms with Crippen LogP contribution in [0.4, 0.5) is 17.3 Å². The zero-order chi connectivity index (χ0) is 38.1. The van der Waals surface area contributed by atoms with Crippen LogP contribution in [0.2, 0.25) is 15.3 Å². The van der Waals surface area contributed by atoms with Crippen LogP contribution in [0, 0.1) is 13.8 Å². The highest BCUT2D eigenvalue weighted by Gasteiger charge is 2.22. The number of fused-ring (bicyclic) bond motifs is 4. The molecule has 0 unspecified atom stereocenters. The van der Waals surface area contributed by atoms with Crippen molar-refractivity contribution >= 4 is 85.5 Å². The van der Waals surface area contributed by atoms with Crippen LogP contribution in [0.1, 0.15) is 49.2 Å². The summed E-state index contributed by atoms with van der Waals surface area (Å²) in [5.74, 6) is 0.456. The van der Waals surface area contributed by atoms with Crippen LogP contribution in [-0.2, 0) is 9.47 Å². The predicted molar refractivity (Wildman–Crippen MR) is 207 cm³/mol. The summed E-state index contributed by atoms with van der Waals surface area (Å²) in [7, 11) is 0. The fraction of sp³-hybridized carbons (Fsp3) is 0.353. The van der Waals surface area contributed by atoms with Crippen LogP contribution < -0.4 is 11.1 Å². The van der Waals surface area contributed by atoms with E-state index in [2.05, 4.69) is 45.5 Å². The third-order valence-electron chi connectivity index (χ3n) is 9.32. The van der Waals surface area contributed by atoms with Crippen LogP contribution in [0.3, 0.4) is 0 Å². The highest BCUT2D eigenvalue weighted by atomic mass is 35.5. The van der Waals surface area contributed by atoms with Gasteiger partial charge >= 0.3 is 0 Å². The van der Waals surface area contributed by atoms with E-state index in [0.717, 1.165) is 85.6 Å². The second-order valence-corrected chi connectivity index (χ2v) is 14.1. The van der Waals surface area contributed by atoms with Crippen molar-refractivity contribution in [3.63, 3.8) is 0 Å². The van der Waals surface area contributed by atoms with Gasteiger partial charge in [-0.2, -0.15) is 30.4 Å². The molecule has 284 valence electrons. The maximum atomic E-state index is 6.35. The first-order valence-electron chi connectivity index (χ1n) is 17.5. The lowest BCUT2D eigenvalue weighted by atomic mass is 10.1. The topological polar surface area (TPSA) is 204 Å². The molecule has 8 aromatic rings. The van der Waals surface area contributed by atoms with E-state index < -0.39 is 0 Å². The number of nitrogens with zero attached hydrogens (tertiary/aromatic N) is 14. The van der Waals surface area contributed by atoms with Gasteiger partial charge in [-0.05, 0) is 51.1 Å². The number of halogens is 3. The number of hydrogen-bond donors (Lipinski definition) is 2. The molecule has 0 saturated carbocycles. The summed E-state index contributed by atoms with van der Waals surface area (Å²) < 4.78 is 18.0. The first-order valence-corrected chi connectivity index (χ1v) is 18.6. The molecule has 0 radical (unpaired) electrons. The number of rotatable bonds is 4. The van der Waals surface area contributed by atoms with Gasteiger partial charge in [-0.3, -0.25) is 0 Å². The van der Waals surface area contributed by atoms with Gasteiger partial charge in [-0.1, -0.05) is 23.2 Å². The Kier molecular flexibility index (Phi) is 10.6. The highest BCUT2D eigenvalue weighted by Crippen LogP contribution is 2.29. The lowest BCUT2D eigenvalue weighted by Gasteiger charge is -2.22. The fourth-order valence-electron chi connectivity index (χ4n) is 6.44. The molecule has 0 aliphatic carbocycles. The van der Waals surface area contributed by atoms with E-state index in [1.807, 2.05) is 23.2 Å². The Morgan fingerprint density at radius 2 is 1.22 bits per heavy atom. The van der Waals surface area contributed by atoms with Crippen LogP contribution in [-0.4, -0.2) is 95.1 Å². The van der Waals surface area contributed by atoms with Crippen molar-refractivity contribution in [1.29, 1.82) is 0 Å². The quantitative estimate of drug-likeness (QED) is 0.195. The van der Waals surface area contributed by atoms with Crippen LogP contribution >= 0.6 is 34.8 Å². The fourth-order valence-corrected chi connectivity index (χ4v) is 6.91. The zero-order valence-electron chi connectivity index (χ0n) is 29.7. The van der Waals surface area contributed by atoms with Crippen molar-refractivity contribution in [2.45, 2.75) is 51.6 Å². The third-order valence-corrected chi connectivity index (χ3v) is 10.1. The molecule has 0 atom stereocenters. The number of aromatic nitrogens is 14. The summed E-state index contributed by atoms with van der Waals surface area (Å²) in [6, 6.07) is 4.05. The Morgan fingerprint density at radius 1 is 0.691 bits per heavy atom. The van der Waals surface area contributed by atoms with Gasteiger partial charge in [0.05, 0.1) is 68.1 Å². The molecule has 0 bridgehead atoms. The molecule has 2 fully saturated rings. The summed E-state index contributed by atoms with van der Waals surface area (Å²) in [4.78, 5) is 25.5. The second-order valence-electron chi connectivity index (χ2n) is 12.9. The van der Waals surface area contributed by atoms with E-state index >= 15 is 0 Å². The van der Waals surface area contributed by atoms with Gasteiger partial charge in [-0.15, -0.1) is 0 Å². The monoisotopic (exact) mass is 804 g/mol. The molecule has 0 aromatic carbocycles. The average Bonchev–Trinajstić information content (AvgIpc) is 3.99. The number of hydrogen-bond acceptors (Lipinski definition) is 14. The van der Waals surface area contributed by atoms with Crippen molar-refractivity contribution in [3.05, 3.63) is 76.3 Å². The van der Waals surface area contributed by atoms with Crippen molar-refractivity contribution in [3.8, 4) is 0 Å². The van der Waals surface area contributed by atoms with Crippen molar-refractivity contribution in [2.24, 2.45) is 0 Å². The van der Waals surface area contributed by atoms with Gasteiger partial charge in [0.25, 0.3) is 0 Å². The molecule has 10 heterocycles. The van der Waals surface area contributed by atoms with Gasteiger partial charge in [0, 0.05) is 51.0 Å². The smallest absolute Gasteiger partial charge is 0.229 e. The molecule has 2 saturated heterocycles. The molecule has 18 nitrogen and oxygen atoms in total. The maximum absolute atomic E-state index is 6.35. The number of nitrogen functional groups attached to an aromatic ring is 1. The third kappa shape index (κ3) is 7.81. The van der Waals surface area contributed by atoms with Crippen LogP contribution in [0.25, 0.3) is 33.4 Å². The molecule has 0 amide bonds. The molecule has 2 aliphatic heterocycles. The average molecular weight is 806 g/mol. The van der Waals surface area contributed by atoms with Gasteiger partial charge in [0.1, 0.15) is 12.7 Å². The molecule has 3 N–H and O–H groups in total. The normalized spacial score (nSPS) is 15.3. The first-order chi connectivity index (χ1) is 26.7. The summed E-state index contributed by atoms with van der Waals surface area (Å²) in [5.41, 5.74) is 11.6. The molecule has 10 rings (SSSR count). The zero-order valence-corrected chi connectivity index (χ0v) is 32.0. The van der Waals surface area contributed by atoms with E-state index in [9.17, 15) is 0 Å². The van der Waals surface area contributed by atoms with Crippen molar-refractivity contribution < 1.29 is 9.47 Å². The maximum Gasteiger partial charge on any atom is 0.229 e. The molecule has 55 heavy (non-hydrogen) atoms. The van der Waals surface area contributed by atoms with E-state index in [1.165, 1.54) is 12.7 Å². The lowest BCUT2D eigenvalue weighted by molar-refractivity contribution is 0.0671. The van der Waals surface area contributed by atoms with Gasteiger partial charge in [0.15, 0.2) is 22.6 Å². The number of anilines is 3. The second kappa shape index (κ2) is 15.8. The van der Waals surface area contributed by atoms with E-state index in [1.54, 1.807) is 46.0 Å². The molecular weight excluding hydrogens is 771 g/mol. The summed E-state index contributed by atoms with van der Waals surface area (Å²) in [6.45, 7) is 7.00. The van der Waals surface area contributed by atoms with Gasteiger partial charge in [-0.25, -0.2) is 38.3 Å². The number of nitrogens with two attached hydrogens (primary N) is 1. The number of ether oxygens (including phenoxy) is 2. The number of nitrogens with one attached hydrogen (secondary N) is 1.